The molecule has 0 unspecified atom stereocenters. The van der Waals surface area contributed by atoms with E-state index in [1.807, 2.05) is 36.4 Å². The first-order valence-electron chi connectivity index (χ1n) is 10.9. The van der Waals surface area contributed by atoms with Gasteiger partial charge in [-0.05, 0) is 97.2 Å². The third-order valence-electron chi connectivity index (χ3n) is 8.37. The number of phenolic OH excluding ortho intramolecular Hbond substituents is 2. The van der Waals surface area contributed by atoms with Gasteiger partial charge in [0.1, 0.15) is 11.5 Å². The van der Waals surface area contributed by atoms with Crippen molar-refractivity contribution in [3.8, 4) is 11.5 Å². The minimum atomic E-state index is -0.782. The highest BCUT2D eigenvalue weighted by Crippen LogP contribution is 2.64. The second-order valence-corrected chi connectivity index (χ2v) is 9.64. The Bertz CT molecular complexity index is 947. The molecular formula is C26H30O3. The van der Waals surface area contributed by atoms with E-state index < -0.39 is 5.60 Å². The van der Waals surface area contributed by atoms with Crippen molar-refractivity contribution in [2.75, 3.05) is 0 Å². The molecule has 0 amide bonds. The SMILES string of the molecule is C[C@]12CC[C@@H]3c4ccc(O)cc4CC[C@H]3[C@@H]1CC[C@@]2(O)/C=C/c1ccc(O)cc1. The van der Waals surface area contributed by atoms with Gasteiger partial charge >= 0.3 is 0 Å². The van der Waals surface area contributed by atoms with Crippen molar-refractivity contribution < 1.29 is 15.3 Å². The Morgan fingerprint density at radius 1 is 0.931 bits per heavy atom. The van der Waals surface area contributed by atoms with E-state index in [0.29, 0.717) is 23.5 Å². The average Bonchev–Trinajstić information content (AvgIpc) is 2.98. The molecule has 5 atom stereocenters. The van der Waals surface area contributed by atoms with Gasteiger partial charge in [-0.2, -0.15) is 0 Å². The van der Waals surface area contributed by atoms with Gasteiger partial charge in [0.05, 0.1) is 5.60 Å². The van der Waals surface area contributed by atoms with Crippen molar-refractivity contribution in [1.82, 2.24) is 0 Å². The van der Waals surface area contributed by atoms with Crippen LogP contribution < -0.4 is 0 Å². The fourth-order valence-corrected chi connectivity index (χ4v) is 6.71. The maximum atomic E-state index is 11.7. The summed E-state index contributed by atoms with van der Waals surface area (Å²) in [4.78, 5) is 0. The molecular weight excluding hydrogens is 360 g/mol. The second-order valence-electron chi connectivity index (χ2n) is 9.64. The number of hydrogen-bond acceptors (Lipinski definition) is 3. The van der Waals surface area contributed by atoms with E-state index in [2.05, 4.69) is 13.0 Å². The van der Waals surface area contributed by atoms with Crippen molar-refractivity contribution in [3.63, 3.8) is 0 Å². The molecule has 0 saturated heterocycles. The average molecular weight is 391 g/mol. The number of benzene rings is 2. The normalized spacial score (nSPS) is 35.9. The van der Waals surface area contributed by atoms with Crippen LogP contribution in [-0.2, 0) is 6.42 Å². The summed E-state index contributed by atoms with van der Waals surface area (Å²) < 4.78 is 0. The van der Waals surface area contributed by atoms with Crippen molar-refractivity contribution >= 4 is 6.08 Å². The third-order valence-corrected chi connectivity index (χ3v) is 8.37. The third kappa shape index (κ3) is 2.90. The minimum absolute atomic E-state index is 0.101. The Morgan fingerprint density at radius 2 is 1.69 bits per heavy atom. The number of hydrogen-bond donors (Lipinski definition) is 3. The lowest BCUT2D eigenvalue weighted by Gasteiger charge is -2.52. The van der Waals surface area contributed by atoms with Crippen LogP contribution in [0.2, 0.25) is 0 Å². The molecule has 0 spiro atoms. The van der Waals surface area contributed by atoms with Crippen LogP contribution in [0.1, 0.15) is 61.6 Å². The van der Waals surface area contributed by atoms with Crippen LogP contribution in [0.3, 0.4) is 0 Å². The summed E-state index contributed by atoms with van der Waals surface area (Å²) in [6.45, 7) is 2.30. The molecule has 3 aliphatic carbocycles. The van der Waals surface area contributed by atoms with Crippen LogP contribution in [-0.4, -0.2) is 20.9 Å². The lowest BCUT2D eigenvalue weighted by Crippen LogP contribution is -2.49. The fraction of sp³-hybridized carbons (Fsp3) is 0.462. The van der Waals surface area contributed by atoms with E-state index in [1.54, 1.807) is 12.1 Å². The molecule has 0 aliphatic heterocycles. The highest BCUT2D eigenvalue weighted by molar-refractivity contribution is 5.52. The lowest BCUT2D eigenvalue weighted by molar-refractivity contribution is -0.0705. The first-order chi connectivity index (χ1) is 13.9. The second kappa shape index (κ2) is 6.63. The quantitative estimate of drug-likeness (QED) is 0.643. The van der Waals surface area contributed by atoms with Gasteiger partial charge in [0, 0.05) is 5.41 Å². The van der Waals surface area contributed by atoms with Gasteiger partial charge in [-0.1, -0.05) is 37.3 Å². The van der Waals surface area contributed by atoms with Crippen molar-refractivity contribution in [2.24, 2.45) is 17.3 Å². The predicted molar refractivity (Wildman–Crippen MR) is 115 cm³/mol. The minimum Gasteiger partial charge on any atom is -0.508 e. The van der Waals surface area contributed by atoms with Gasteiger partial charge in [0.25, 0.3) is 0 Å². The number of aryl methyl sites for hydroxylation is 1. The standard InChI is InChI=1S/C26H30O3/c1-25-13-11-22-21-9-7-20(28)16-18(21)4-8-23(22)24(25)12-15-26(25,29)14-10-17-2-5-19(27)6-3-17/h2-3,5-7,9-10,14,16,22-24,27-29H,4,8,11-13,15H2,1H3/b14-10+/t22-,23-,24+,25+,26+/m1/s1. The van der Waals surface area contributed by atoms with E-state index in [9.17, 15) is 15.3 Å². The molecule has 5 rings (SSSR count). The van der Waals surface area contributed by atoms with E-state index in [4.69, 9.17) is 0 Å². The molecule has 2 saturated carbocycles. The summed E-state index contributed by atoms with van der Waals surface area (Å²) in [6.07, 6.45) is 10.2. The maximum absolute atomic E-state index is 11.7. The van der Waals surface area contributed by atoms with E-state index >= 15 is 0 Å². The molecule has 3 N–H and O–H groups in total. The summed E-state index contributed by atoms with van der Waals surface area (Å²) in [5.41, 5.74) is 2.86. The molecule has 0 bridgehead atoms. The van der Waals surface area contributed by atoms with Crippen LogP contribution in [0, 0.1) is 17.3 Å². The van der Waals surface area contributed by atoms with E-state index in [1.165, 1.54) is 11.1 Å². The van der Waals surface area contributed by atoms with Crippen LogP contribution in [0.5, 0.6) is 11.5 Å². The molecule has 3 aliphatic rings. The van der Waals surface area contributed by atoms with Gasteiger partial charge < -0.3 is 15.3 Å². The number of aromatic hydroxyl groups is 2. The van der Waals surface area contributed by atoms with E-state index in [-0.39, 0.29) is 11.2 Å². The summed E-state index contributed by atoms with van der Waals surface area (Å²) in [7, 11) is 0. The van der Waals surface area contributed by atoms with Crippen LogP contribution in [0.4, 0.5) is 0 Å². The first-order valence-corrected chi connectivity index (χ1v) is 10.9. The fourth-order valence-electron chi connectivity index (χ4n) is 6.71. The van der Waals surface area contributed by atoms with Crippen LogP contribution in [0.15, 0.2) is 48.5 Å². The number of rotatable bonds is 2. The summed E-state index contributed by atoms with van der Waals surface area (Å²) >= 11 is 0. The van der Waals surface area contributed by atoms with Crippen molar-refractivity contribution in [1.29, 1.82) is 0 Å². The number of aliphatic hydroxyl groups is 1. The maximum Gasteiger partial charge on any atom is 0.115 e. The first kappa shape index (κ1) is 18.7. The Labute approximate surface area is 172 Å². The highest BCUT2D eigenvalue weighted by atomic mass is 16.3. The largest absolute Gasteiger partial charge is 0.508 e. The molecule has 152 valence electrons. The zero-order chi connectivity index (χ0) is 20.2. The van der Waals surface area contributed by atoms with Crippen molar-refractivity contribution in [2.45, 2.75) is 57.0 Å². The molecule has 0 radical (unpaired) electrons. The van der Waals surface area contributed by atoms with E-state index in [0.717, 1.165) is 44.1 Å². The Balaban J connectivity index is 1.42. The highest BCUT2D eigenvalue weighted by Gasteiger charge is 2.60. The Morgan fingerprint density at radius 3 is 2.48 bits per heavy atom. The molecule has 0 heterocycles. The Hall–Kier alpha value is -2.26. The number of phenols is 2. The van der Waals surface area contributed by atoms with Gasteiger partial charge in [-0.15, -0.1) is 0 Å². The van der Waals surface area contributed by atoms with Gasteiger partial charge in [-0.3, -0.25) is 0 Å². The Kier molecular flexibility index (Phi) is 4.29. The molecule has 3 nitrogen and oxygen atoms in total. The summed E-state index contributed by atoms with van der Waals surface area (Å²) in [5, 5.41) is 31.1. The summed E-state index contributed by atoms with van der Waals surface area (Å²) in [6, 6.07) is 13.1. The van der Waals surface area contributed by atoms with Gasteiger partial charge in [0.2, 0.25) is 0 Å². The van der Waals surface area contributed by atoms with Crippen LogP contribution >= 0.6 is 0 Å². The summed E-state index contributed by atoms with van der Waals surface area (Å²) in [5.74, 6) is 2.33. The van der Waals surface area contributed by atoms with Gasteiger partial charge in [-0.25, -0.2) is 0 Å². The number of fused-ring (bicyclic) bond motifs is 5. The van der Waals surface area contributed by atoms with Crippen molar-refractivity contribution in [3.05, 3.63) is 65.2 Å². The smallest absolute Gasteiger partial charge is 0.115 e. The molecule has 3 heteroatoms. The monoisotopic (exact) mass is 390 g/mol. The molecule has 29 heavy (non-hydrogen) atoms. The molecule has 2 fully saturated rings. The lowest BCUT2D eigenvalue weighted by atomic mass is 9.53. The molecule has 2 aromatic carbocycles. The molecule has 0 aromatic heterocycles. The van der Waals surface area contributed by atoms with Crippen LogP contribution in [0.25, 0.3) is 6.08 Å². The predicted octanol–water partition coefficient (Wildman–Crippen LogP) is 5.40. The zero-order valence-electron chi connectivity index (χ0n) is 17.0. The zero-order valence-corrected chi connectivity index (χ0v) is 17.0. The topological polar surface area (TPSA) is 60.7 Å². The molecule has 2 aromatic rings. The van der Waals surface area contributed by atoms with Gasteiger partial charge in [0.15, 0.2) is 0 Å².